The largest absolute Gasteiger partial charge is 0.325 e. The van der Waals surface area contributed by atoms with E-state index >= 15 is 0 Å². The molecule has 3 nitrogen and oxygen atoms in total. The second-order valence-electron chi connectivity index (χ2n) is 7.05. The Morgan fingerprint density at radius 1 is 1.00 bits per heavy atom. The second-order valence-corrected chi connectivity index (χ2v) is 7.05. The molecule has 2 N–H and O–H groups in total. The van der Waals surface area contributed by atoms with E-state index in [4.69, 9.17) is 0 Å². The molecule has 1 amide bonds. The summed E-state index contributed by atoms with van der Waals surface area (Å²) in [6, 6.07) is 9.32. The van der Waals surface area contributed by atoms with Gasteiger partial charge in [-0.25, -0.2) is 0 Å². The standard InChI is InChI=1S/C16H26N2O/c1-15(2,3)13(18-16(4,5)6)14(19)17-12-10-8-7-9-11-12/h7-11,13,18H,1-6H3,(H,17,19)/t13-/m0/s1. The summed E-state index contributed by atoms with van der Waals surface area (Å²) < 4.78 is 0. The van der Waals surface area contributed by atoms with Gasteiger partial charge in [-0.15, -0.1) is 0 Å². The molecule has 1 aromatic rings. The van der Waals surface area contributed by atoms with Crippen molar-refractivity contribution in [2.24, 2.45) is 5.41 Å². The predicted molar refractivity (Wildman–Crippen MR) is 81.2 cm³/mol. The summed E-state index contributed by atoms with van der Waals surface area (Å²) >= 11 is 0. The van der Waals surface area contributed by atoms with Crippen LogP contribution in [0.25, 0.3) is 0 Å². The number of carbonyl (C=O) groups is 1. The fourth-order valence-electron chi connectivity index (χ4n) is 1.84. The lowest BCUT2D eigenvalue weighted by atomic mass is 9.84. The van der Waals surface area contributed by atoms with Crippen molar-refractivity contribution in [2.75, 3.05) is 5.32 Å². The quantitative estimate of drug-likeness (QED) is 0.876. The average molecular weight is 262 g/mol. The van der Waals surface area contributed by atoms with Crippen LogP contribution in [0.5, 0.6) is 0 Å². The van der Waals surface area contributed by atoms with Crippen LogP contribution < -0.4 is 10.6 Å². The van der Waals surface area contributed by atoms with Gasteiger partial charge in [0.15, 0.2) is 0 Å². The Kier molecular flexibility index (Phi) is 4.75. The van der Waals surface area contributed by atoms with Crippen molar-refractivity contribution < 1.29 is 4.79 Å². The molecule has 0 spiro atoms. The van der Waals surface area contributed by atoms with E-state index in [1.54, 1.807) is 0 Å². The fraction of sp³-hybridized carbons (Fsp3) is 0.562. The number of hydrogen-bond donors (Lipinski definition) is 2. The normalized spacial score (nSPS) is 14.0. The Hall–Kier alpha value is -1.35. The van der Waals surface area contributed by atoms with Gasteiger partial charge < -0.3 is 10.6 Å². The molecule has 0 fully saturated rings. The first-order valence-corrected chi connectivity index (χ1v) is 6.73. The van der Waals surface area contributed by atoms with Crippen LogP contribution in [0.3, 0.4) is 0 Å². The minimum absolute atomic E-state index is 0.00799. The molecule has 1 atom stereocenters. The molecule has 0 saturated carbocycles. The van der Waals surface area contributed by atoms with Crippen molar-refractivity contribution in [3.05, 3.63) is 30.3 Å². The minimum Gasteiger partial charge on any atom is -0.325 e. The first-order valence-electron chi connectivity index (χ1n) is 6.73. The molecule has 3 heteroatoms. The van der Waals surface area contributed by atoms with E-state index in [2.05, 4.69) is 52.2 Å². The summed E-state index contributed by atoms with van der Waals surface area (Å²) in [5.74, 6) is 0.00799. The zero-order chi connectivity index (χ0) is 14.7. The Balaban J connectivity index is 2.84. The molecule has 0 heterocycles. The van der Waals surface area contributed by atoms with Gasteiger partial charge in [0.25, 0.3) is 0 Å². The SMILES string of the molecule is CC(C)(C)N[C@@H](C(=O)Nc1ccccc1)C(C)(C)C. The lowest BCUT2D eigenvalue weighted by Gasteiger charge is -2.36. The molecule has 0 radical (unpaired) electrons. The van der Waals surface area contributed by atoms with Gasteiger partial charge in [0, 0.05) is 11.2 Å². The average Bonchev–Trinajstić information content (AvgIpc) is 2.24. The van der Waals surface area contributed by atoms with Crippen LogP contribution in [-0.2, 0) is 4.79 Å². The van der Waals surface area contributed by atoms with E-state index in [1.807, 2.05) is 30.3 Å². The summed E-state index contributed by atoms with van der Waals surface area (Å²) in [5.41, 5.74) is 0.579. The number of amides is 1. The number of rotatable bonds is 3. The van der Waals surface area contributed by atoms with Gasteiger partial charge in [-0.1, -0.05) is 39.0 Å². The van der Waals surface area contributed by atoms with Gasteiger partial charge in [-0.05, 0) is 38.3 Å². The topological polar surface area (TPSA) is 41.1 Å². The summed E-state index contributed by atoms with van der Waals surface area (Å²) in [6.45, 7) is 12.4. The van der Waals surface area contributed by atoms with E-state index in [0.717, 1.165) is 5.69 Å². The summed E-state index contributed by atoms with van der Waals surface area (Å²) in [5, 5.41) is 6.37. The first-order chi connectivity index (χ1) is 8.59. The molecular formula is C16H26N2O. The van der Waals surface area contributed by atoms with Crippen LogP contribution in [0, 0.1) is 5.41 Å². The molecule has 0 saturated heterocycles. The molecule has 0 bridgehead atoms. The third kappa shape index (κ3) is 5.43. The zero-order valence-corrected chi connectivity index (χ0v) is 12.9. The Morgan fingerprint density at radius 2 is 1.53 bits per heavy atom. The van der Waals surface area contributed by atoms with Crippen molar-refractivity contribution >= 4 is 11.6 Å². The van der Waals surface area contributed by atoms with Gasteiger partial charge in [0.2, 0.25) is 5.91 Å². The highest BCUT2D eigenvalue weighted by molar-refractivity contribution is 5.95. The van der Waals surface area contributed by atoms with Crippen LogP contribution in [0.15, 0.2) is 30.3 Å². The Morgan fingerprint density at radius 3 is 1.95 bits per heavy atom. The molecule has 0 unspecified atom stereocenters. The van der Waals surface area contributed by atoms with E-state index in [-0.39, 0.29) is 22.9 Å². The minimum atomic E-state index is -0.243. The van der Waals surface area contributed by atoms with Gasteiger partial charge in [-0.3, -0.25) is 4.79 Å². The van der Waals surface area contributed by atoms with E-state index in [1.165, 1.54) is 0 Å². The van der Waals surface area contributed by atoms with Gasteiger partial charge in [0.1, 0.15) is 0 Å². The van der Waals surface area contributed by atoms with Crippen molar-refractivity contribution in [3.8, 4) is 0 Å². The summed E-state index contributed by atoms with van der Waals surface area (Å²) in [7, 11) is 0. The smallest absolute Gasteiger partial charge is 0.242 e. The Bertz CT molecular complexity index is 413. The maximum absolute atomic E-state index is 12.5. The van der Waals surface area contributed by atoms with E-state index in [9.17, 15) is 4.79 Å². The van der Waals surface area contributed by atoms with E-state index in [0.29, 0.717) is 0 Å². The van der Waals surface area contributed by atoms with Crippen molar-refractivity contribution in [1.82, 2.24) is 5.32 Å². The lowest BCUT2D eigenvalue weighted by Crippen LogP contribution is -2.55. The van der Waals surface area contributed by atoms with Crippen LogP contribution in [0.1, 0.15) is 41.5 Å². The number of nitrogens with one attached hydrogen (secondary N) is 2. The summed E-state index contributed by atoms with van der Waals surface area (Å²) in [6.07, 6.45) is 0. The van der Waals surface area contributed by atoms with Gasteiger partial charge >= 0.3 is 0 Å². The van der Waals surface area contributed by atoms with Crippen molar-refractivity contribution in [3.63, 3.8) is 0 Å². The van der Waals surface area contributed by atoms with Crippen molar-refractivity contribution in [2.45, 2.75) is 53.1 Å². The van der Waals surface area contributed by atoms with Crippen LogP contribution >= 0.6 is 0 Å². The first kappa shape index (κ1) is 15.7. The molecular weight excluding hydrogens is 236 g/mol. The van der Waals surface area contributed by atoms with Crippen LogP contribution in [-0.4, -0.2) is 17.5 Å². The third-order valence-corrected chi connectivity index (χ3v) is 2.75. The number of benzene rings is 1. The highest BCUT2D eigenvalue weighted by Gasteiger charge is 2.33. The van der Waals surface area contributed by atoms with Crippen molar-refractivity contribution in [1.29, 1.82) is 0 Å². The molecule has 0 aliphatic carbocycles. The molecule has 0 aliphatic rings. The van der Waals surface area contributed by atoms with E-state index < -0.39 is 0 Å². The zero-order valence-electron chi connectivity index (χ0n) is 12.9. The number of anilines is 1. The maximum atomic E-state index is 12.5. The number of para-hydroxylation sites is 1. The highest BCUT2D eigenvalue weighted by atomic mass is 16.2. The summed E-state index contributed by atoms with van der Waals surface area (Å²) in [4.78, 5) is 12.5. The molecule has 1 rings (SSSR count). The Labute approximate surface area is 116 Å². The van der Waals surface area contributed by atoms with Gasteiger partial charge in [0.05, 0.1) is 6.04 Å². The maximum Gasteiger partial charge on any atom is 0.242 e. The van der Waals surface area contributed by atoms with Crippen LogP contribution in [0.4, 0.5) is 5.69 Å². The molecule has 0 aliphatic heterocycles. The molecule has 0 aromatic heterocycles. The second kappa shape index (κ2) is 5.74. The lowest BCUT2D eigenvalue weighted by molar-refractivity contribution is -0.121. The number of carbonyl (C=O) groups excluding carboxylic acids is 1. The number of hydrogen-bond acceptors (Lipinski definition) is 2. The molecule has 1 aromatic carbocycles. The highest BCUT2D eigenvalue weighted by Crippen LogP contribution is 2.23. The fourth-order valence-corrected chi connectivity index (χ4v) is 1.84. The molecule has 19 heavy (non-hydrogen) atoms. The molecule has 106 valence electrons. The van der Waals surface area contributed by atoms with Gasteiger partial charge in [-0.2, -0.15) is 0 Å². The predicted octanol–water partition coefficient (Wildman–Crippen LogP) is 3.43. The third-order valence-electron chi connectivity index (χ3n) is 2.75. The monoisotopic (exact) mass is 262 g/mol. The van der Waals surface area contributed by atoms with Crippen LogP contribution in [0.2, 0.25) is 0 Å².